The van der Waals surface area contributed by atoms with Gasteiger partial charge in [-0.3, -0.25) is 5.10 Å². The minimum Gasteiger partial charge on any atom is -0.367 e. The van der Waals surface area contributed by atoms with Gasteiger partial charge in [-0.2, -0.15) is 4.98 Å². The first-order chi connectivity index (χ1) is 6.36. The fourth-order valence-electron chi connectivity index (χ4n) is 2.83. The Morgan fingerprint density at radius 1 is 1.23 bits per heavy atom. The zero-order chi connectivity index (χ0) is 8.84. The summed E-state index contributed by atoms with van der Waals surface area (Å²) in [5.74, 6) is 3.81. The molecule has 13 heavy (non-hydrogen) atoms. The molecule has 3 rings (SSSR count). The smallest absolute Gasteiger partial charge is 0.239 e. The Morgan fingerprint density at radius 2 is 1.92 bits per heavy atom. The number of aromatic amines is 1. The van der Waals surface area contributed by atoms with Crippen molar-refractivity contribution in [3.63, 3.8) is 0 Å². The molecular weight excluding hydrogens is 164 g/mol. The minimum atomic E-state index is 0.388. The van der Waals surface area contributed by atoms with E-state index in [1.807, 2.05) is 0 Å². The second-order valence-corrected chi connectivity index (χ2v) is 4.22. The van der Waals surface area contributed by atoms with Crippen molar-refractivity contribution in [2.24, 2.45) is 11.8 Å². The highest BCUT2D eigenvalue weighted by atomic mass is 15.3. The van der Waals surface area contributed by atoms with E-state index in [0.717, 1.165) is 17.7 Å². The molecule has 2 saturated carbocycles. The van der Waals surface area contributed by atoms with Gasteiger partial charge in [-0.25, -0.2) is 0 Å². The minimum absolute atomic E-state index is 0.388. The molecule has 2 aliphatic carbocycles. The predicted molar refractivity (Wildman–Crippen MR) is 49.0 cm³/mol. The predicted octanol–water partition coefficient (Wildman–Crippen LogP) is 1.29. The van der Waals surface area contributed by atoms with Gasteiger partial charge in [0.1, 0.15) is 5.82 Å². The van der Waals surface area contributed by atoms with Gasteiger partial charge >= 0.3 is 0 Å². The van der Waals surface area contributed by atoms with Crippen LogP contribution in [0, 0.1) is 11.8 Å². The summed E-state index contributed by atoms with van der Waals surface area (Å²) in [7, 11) is 0. The average molecular weight is 178 g/mol. The molecule has 0 radical (unpaired) electrons. The van der Waals surface area contributed by atoms with Crippen LogP contribution in [0.3, 0.4) is 0 Å². The molecule has 4 heteroatoms. The largest absolute Gasteiger partial charge is 0.367 e. The van der Waals surface area contributed by atoms with Crippen molar-refractivity contribution in [3.8, 4) is 0 Å². The fraction of sp³-hybridized carbons (Fsp3) is 0.778. The second-order valence-electron chi connectivity index (χ2n) is 4.22. The Balaban J connectivity index is 1.81. The quantitative estimate of drug-likeness (QED) is 0.681. The molecule has 0 spiro atoms. The number of anilines is 1. The number of nitrogens with one attached hydrogen (secondary N) is 1. The van der Waals surface area contributed by atoms with Crippen LogP contribution in [0.25, 0.3) is 0 Å². The number of H-pyrrole nitrogens is 1. The van der Waals surface area contributed by atoms with E-state index in [2.05, 4.69) is 15.2 Å². The van der Waals surface area contributed by atoms with Gasteiger partial charge < -0.3 is 5.73 Å². The van der Waals surface area contributed by atoms with Crippen molar-refractivity contribution in [1.82, 2.24) is 15.2 Å². The highest BCUT2D eigenvalue weighted by molar-refractivity contribution is 5.21. The maximum Gasteiger partial charge on any atom is 0.239 e. The van der Waals surface area contributed by atoms with Crippen LogP contribution >= 0.6 is 0 Å². The van der Waals surface area contributed by atoms with E-state index < -0.39 is 0 Å². The molecule has 3 N–H and O–H groups in total. The van der Waals surface area contributed by atoms with Gasteiger partial charge in [0, 0.05) is 5.92 Å². The molecule has 4 nitrogen and oxygen atoms in total. The summed E-state index contributed by atoms with van der Waals surface area (Å²) in [4.78, 5) is 4.21. The average Bonchev–Trinajstić information content (AvgIpc) is 2.73. The highest BCUT2D eigenvalue weighted by Crippen LogP contribution is 2.60. The van der Waals surface area contributed by atoms with Gasteiger partial charge in [0.05, 0.1) is 0 Å². The lowest BCUT2D eigenvalue weighted by molar-refractivity contribution is 0.480. The maximum absolute atomic E-state index is 5.48. The molecule has 70 valence electrons. The number of nitrogens with zero attached hydrogens (tertiary/aromatic N) is 2. The van der Waals surface area contributed by atoms with Crippen molar-refractivity contribution < 1.29 is 0 Å². The van der Waals surface area contributed by atoms with Crippen molar-refractivity contribution >= 4 is 5.95 Å². The van der Waals surface area contributed by atoms with Crippen LogP contribution in [-0.4, -0.2) is 15.2 Å². The molecule has 1 heterocycles. The van der Waals surface area contributed by atoms with Gasteiger partial charge in [0.2, 0.25) is 5.95 Å². The first-order valence-corrected chi connectivity index (χ1v) is 5.04. The number of fused-ring (bicyclic) bond motifs is 1. The van der Waals surface area contributed by atoms with Crippen LogP contribution in [0.5, 0.6) is 0 Å². The number of hydrogen-bond acceptors (Lipinski definition) is 3. The van der Waals surface area contributed by atoms with Gasteiger partial charge in [-0.1, -0.05) is 12.8 Å². The van der Waals surface area contributed by atoms with Crippen LogP contribution in [-0.2, 0) is 0 Å². The van der Waals surface area contributed by atoms with Crippen molar-refractivity contribution in [1.29, 1.82) is 0 Å². The summed E-state index contributed by atoms with van der Waals surface area (Å²) < 4.78 is 0. The Kier molecular flexibility index (Phi) is 1.39. The van der Waals surface area contributed by atoms with E-state index in [0.29, 0.717) is 11.9 Å². The maximum atomic E-state index is 5.48. The molecule has 0 bridgehead atoms. The molecule has 2 unspecified atom stereocenters. The summed E-state index contributed by atoms with van der Waals surface area (Å²) in [6, 6.07) is 0. The molecule has 2 fully saturated rings. The lowest BCUT2D eigenvalue weighted by Crippen LogP contribution is -1.91. The molecule has 0 saturated heterocycles. The SMILES string of the molecule is Nc1n[nH]c(C2C3CCCCC32)n1. The lowest BCUT2D eigenvalue weighted by atomic mass is 10.0. The third-order valence-corrected chi connectivity index (χ3v) is 3.49. The van der Waals surface area contributed by atoms with Crippen molar-refractivity contribution in [2.75, 3.05) is 5.73 Å². The monoisotopic (exact) mass is 178 g/mol. The number of aromatic nitrogens is 3. The summed E-state index contributed by atoms with van der Waals surface area (Å²) in [6.45, 7) is 0. The first kappa shape index (κ1) is 7.35. The summed E-state index contributed by atoms with van der Waals surface area (Å²) >= 11 is 0. The fourth-order valence-corrected chi connectivity index (χ4v) is 2.83. The Labute approximate surface area is 76.9 Å². The van der Waals surface area contributed by atoms with Gasteiger partial charge in [0.25, 0.3) is 0 Å². The van der Waals surface area contributed by atoms with E-state index in [4.69, 9.17) is 5.73 Å². The van der Waals surface area contributed by atoms with E-state index in [9.17, 15) is 0 Å². The number of nitrogens with two attached hydrogens (primary N) is 1. The van der Waals surface area contributed by atoms with Crippen LogP contribution < -0.4 is 5.73 Å². The molecular formula is C9H14N4. The van der Waals surface area contributed by atoms with Crippen molar-refractivity contribution in [3.05, 3.63) is 5.82 Å². The molecule has 0 aliphatic heterocycles. The zero-order valence-electron chi connectivity index (χ0n) is 7.53. The molecule has 0 amide bonds. The topological polar surface area (TPSA) is 67.6 Å². The van der Waals surface area contributed by atoms with Crippen LogP contribution in [0.1, 0.15) is 37.4 Å². The lowest BCUT2D eigenvalue weighted by Gasteiger charge is -2.04. The highest BCUT2D eigenvalue weighted by Gasteiger charge is 2.52. The molecule has 2 aliphatic rings. The zero-order valence-corrected chi connectivity index (χ0v) is 7.53. The van der Waals surface area contributed by atoms with Crippen molar-refractivity contribution in [2.45, 2.75) is 31.6 Å². The van der Waals surface area contributed by atoms with E-state index in [1.54, 1.807) is 0 Å². The third-order valence-electron chi connectivity index (χ3n) is 3.49. The van der Waals surface area contributed by atoms with E-state index in [1.165, 1.54) is 25.7 Å². The van der Waals surface area contributed by atoms with Gasteiger partial charge in [0.15, 0.2) is 0 Å². The van der Waals surface area contributed by atoms with E-state index >= 15 is 0 Å². The number of hydrogen-bond donors (Lipinski definition) is 2. The second kappa shape index (κ2) is 2.47. The Bertz CT molecular complexity index is 307. The standard InChI is InChI=1S/C9H14N4/c10-9-11-8(12-13-9)7-5-3-1-2-4-6(5)7/h5-7H,1-4H2,(H3,10,11,12,13). The summed E-state index contributed by atoms with van der Waals surface area (Å²) in [5.41, 5.74) is 5.48. The van der Waals surface area contributed by atoms with E-state index in [-0.39, 0.29) is 0 Å². The molecule has 1 aromatic rings. The molecule has 2 atom stereocenters. The molecule has 1 aromatic heterocycles. The molecule has 0 aromatic carbocycles. The first-order valence-electron chi connectivity index (χ1n) is 5.04. The number of rotatable bonds is 1. The van der Waals surface area contributed by atoms with Crippen LogP contribution in [0.2, 0.25) is 0 Å². The Morgan fingerprint density at radius 3 is 2.46 bits per heavy atom. The normalized spacial score (nSPS) is 37.1. The number of nitrogen functional groups attached to an aromatic ring is 1. The van der Waals surface area contributed by atoms with Crippen LogP contribution in [0.4, 0.5) is 5.95 Å². The van der Waals surface area contributed by atoms with Gasteiger partial charge in [-0.05, 0) is 24.7 Å². The summed E-state index contributed by atoms with van der Waals surface area (Å²) in [5, 5.41) is 6.82. The third kappa shape index (κ3) is 1.04. The van der Waals surface area contributed by atoms with Gasteiger partial charge in [-0.15, -0.1) is 5.10 Å². The van der Waals surface area contributed by atoms with Crippen LogP contribution in [0.15, 0.2) is 0 Å². The summed E-state index contributed by atoms with van der Waals surface area (Å²) in [6.07, 6.45) is 5.52. The Hall–Kier alpha value is -1.06.